The maximum Gasteiger partial charge on any atom is 0.451 e. The molecule has 1 aromatic heterocycles. The predicted molar refractivity (Wildman–Crippen MR) is 175 cm³/mol. The number of halogens is 6. The Morgan fingerprint density at radius 2 is 1.60 bits per heavy atom. The number of benzene rings is 2. The van der Waals surface area contributed by atoms with Crippen LogP contribution in [0.1, 0.15) is 62.8 Å². The summed E-state index contributed by atoms with van der Waals surface area (Å²) in [4.78, 5) is 56.7. The number of rotatable bonds is 10. The van der Waals surface area contributed by atoms with Crippen LogP contribution in [0.4, 0.5) is 31.1 Å². The molecule has 0 aliphatic carbocycles. The van der Waals surface area contributed by atoms with Gasteiger partial charge in [0.05, 0.1) is 6.54 Å². The third-order valence-electron chi connectivity index (χ3n) is 8.79. The number of hydrogen-bond acceptors (Lipinski definition) is 7. The molecule has 2 aliphatic heterocycles. The molecule has 4 amide bonds. The van der Waals surface area contributed by atoms with E-state index in [1.807, 2.05) is 0 Å². The first-order chi connectivity index (χ1) is 24.9. The van der Waals surface area contributed by atoms with Crippen molar-refractivity contribution in [1.29, 1.82) is 0 Å². The lowest BCUT2D eigenvalue weighted by Crippen LogP contribution is -2.56. The predicted octanol–water partition coefficient (Wildman–Crippen LogP) is 4.30. The van der Waals surface area contributed by atoms with Gasteiger partial charge in [0.1, 0.15) is 23.5 Å². The van der Waals surface area contributed by atoms with Crippen molar-refractivity contribution >= 4 is 23.8 Å². The van der Waals surface area contributed by atoms with Gasteiger partial charge < -0.3 is 29.7 Å². The summed E-state index contributed by atoms with van der Waals surface area (Å²) >= 11 is 0. The van der Waals surface area contributed by atoms with Crippen LogP contribution in [0.25, 0.3) is 0 Å². The van der Waals surface area contributed by atoms with E-state index in [4.69, 9.17) is 4.74 Å². The first-order valence-electron chi connectivity index (χ1n) is 16.9. The van der Waals surface area contributed by atoms with Gasteiger partial charge in [-0.1, -0.05) is 30.3 Å². The summed E-state index contributed by atoms with van der Waals surface area (Å²) in [5.74, 6) is -7.20. The Kier molecular flexibility index (Phi) is 11.7. The van der Waals surface area contributed by atoms with Crippen LogP contribution < -0.4 is 10.6 Å². The van der Waals surface area contributed by atoms with E-state index in [-0.39, 0.29) is 50.4 Å². The second-order valence-corrected chi connectivity index (χ2v) is 14.0. The highest BCUT2D eigenvalue weighted by Crippen LogP contribution is 2.30. The molecular formula is C35H39F6N7O5. The molecule has 2 aliphatic rings. The van der Waals surface area contributed by atoms with Gasteiger partial charge in [0, 0.05) is 44.6 Å². The Morgan fingerprint density at radius 1 is 0.906 bits per heavy atom. The van der Waals surface area contributed by atoms with E-state index in [0.29, 0.717) is 18.6 Å². The van der Waals surface area contributed by atoms with Crippen LogP contribution in [0.15, 0.2) is 42.5 Å². The Hall–Kier alpha value is -5.16. The summed E-state index contributed by atoms with van der Waals surface area (Å²) in [5, 5.41) is 12.0. The fraction of sp³-hybridized carbons (Fsp3) is 0.486. The standard InChI is InChI=1S/C35H39F6N7O5/c1-34(2,3)53-33(52)43-26(14-20-8-5-4-6-9-20)31(51)47-11-7-10-27(47)30(50)42-22(15-21-16-24(37)25(38)18-23(21)36)17-29(49)46-12-13-48-28(19-46)44-45-32(48)35(39,40)41/h4-6,8-9,16,18,22,26-27H,7,10-15,17,19H2,1-3H3,(H,42,50)(H,43,52)/t22-,26?,27?/m1/s1. The van der Waals surface area contributed by atoms with E-state index in [1.54, 1.807) is 51.1 Å². The van der Waals surface area contributed by atoms with E-state index in [2.05, 4.69) is 20.8 Å². The quantitative estimate of drug-likeness (QED) is 0.233. The zero-order chi connectivity index (χ0) is 38.7. The van der Waals surface area contributed by atoms with Crippen molar-refractivity contribution in [1.82, 2.24) is 35.2 Å². The monoisotopic (exact) mass is 751 g/mol. The van der Waals surface area contributed by atoms with Gasteiger partial charge >= 0.3 is 12.3 Å². The van der Waals surface area contributed by atoms with Gasteiger partial charge in [0.25, 0.3) is 0 Å². The third kappa shape index (κ3) is 9.84. The van der Waals surface area contributed by atoms with Gasteiger partial charge in [0.15, 0.2) is 17.5 Å². The van der Waals surface area contributed by atoms with Gasteiger partial charge in [-0.25, -0.2) is 18.0 Å². The van der Waals surface area contributed by atoms with Gasteiger partial charge in [-0.3, -0.25) is 14.4 Å². The normalized spacial score (nSPS) is 17.2. The number of carbonyl (C=O) groups excluding carboxylic acids is 4. The molecule has 3 heterocycles. The largest absolute Gasteiger partial charge is 0.451 e. The lowest BCUT2D eigenvalue weighted by atomic mass is 10.0. The van der Waals surface area contributed by atoms with Gasteiger partial charge in [-0.05, 0) is 57.2 Å². The number of nitrogens with one attached hydrogen (secondary N) is 2. The highest BCUT2D eigenvalue weighted by molar-refractivity contribution is 5.92. The summed E-state index contributed by atoms with van der Waals surface area (Å²) in [6.45, 7) is 4.37. The highest BCUT2D eigenvalue weighted by atomic mass is 19.4. The van der Waals surface area contributed by atoms with Crippen molar-refractivity contribution in [3.63, 3.8) is 0 Å². The Bertz CT molecular complexity index is 1830. The van der Waals surface area contributed by atoms with Crippen LogP contribution in [0.3, 0.4) is 0 Å². The molecule has 2 N–H and O–H groups in total. The lowest BCUT2D eigenvalue weighted by molar-refractivity contribution is -0.148. The van der Waals surface area contributed by atoms with Crippen LogP contribution in [0.5, 0.6) is 0 Å². The topological polar surface area (TPSA) is 139 Å². The van der Waals surface area contributed by atoms with Gasteiger partial charge in [-0.2, -0.15) is 13.2 Å². The van der Waals surface area contributed by atoms with E-state index < -0.39 is 89.8 Å². The van der Waals surface area contributed by atoms with E-state index in [1.165, 1.54) is 9.80 Å². The van der Waals surface area contributed by atoms with E-state index >= 15 is 0 Å². The van der Waals surface area contributed by atoms with E-state index in [0.717, 1.165) is 10.1 Å². The minimum atomic E-state index is -4.76. The molecule has 3 atom stereocenters. The summed E-state index contributed by atoms with van der Waals surface area (Å²) in [6.07, 6.45) is -5.91. The van der Waals surface area contributed by atoms with Crippen LogP contribution in [-0.4, -0.2) is 85.2 Å². The van der Waals surface area contributed by atoms with E-state index in [9.17, 15) is 45.5 Å². The molecule has 1 fully saturated rings. The number of likely N-dealkylation sites (tertiary alicyclic amines) is 1. The van der Waals surface area contributed by atoms with Crippen molar-refractivity contribution < 1.29 is 50.3 Å². The number of alkyl carbamates (subject to hydrolysis) is 1. The molecule has 12 nitrogen and oxygen atoms in total. The second kappa shape index (κ2) is 15.8. The summed E-state index contributed by atoms with van der Waals surface area (Å²) in [6, 6.07) is 6.37. The fourth-order valence-electron chi connectivity index (χ4n) is 6.38. The third-order valence-corrected chi connectivity index (χ3v) is 8.79. The van der Waals surface area contributed by atoms with Gasteiger partial charge in [-0.15, -0.1) is 10.2 Å². The molecular weight excluding hydrogens is 712 g/mol. The molecule has 2 aromatic carbocycles. The molecule has 3 aromatic rings. The molecule has 0 spiro atoms. The molecule has 0 bridgehead atoms. The maximum atomic E-state index is 14.8. The highest BCUT2D eigenvalue weighted by Gasteiger charge is 2.41. The van der Waals surface area contributed by atoms with Crippen LogP contribution in [0, 0.1) is 17.5 Å². The lowest BCUT2D eigenvalue weighted by Gasteiger charge is -2.32. The molecule has 2 unspecified atom stereocenters. The SMILES string of the molecule is CC(C)(C)OC(=O)NC(Cc1ccccc1)C(=O)N1CCCC1C(=O)N[C@@H](CC(=O)N1CCn2c(nnc2C(F)(F)F)C1)Cc1cc(F)c(F)cc1F. The smallest absolute Gasteiger partial charge is 0.444 e. The zero-order valence-electron chi connectivity index (χ0n) is 29.2. The average molecular weight is 752 g/mol. The Balaban J connectivity index is 1.35. The number of aromatic nitrogens is 3. The number of fused-ring (bicyclic) bond motifs is 1. The molecule has 286 valence electrons. The number of carbonyl (C=O) groups is 4. The molecule has 1 saturated heterocycles. The zero-order valence-corrected chi connectivity index (χ0v) is 29.2. The van der Waals surface area contributed by atoms with Gasteiger partial charge in [0.2, 0.25) is 23.5 Å². The maximum absolute atomic E-state index is 14.8. The van der Waals surface area contributed by atoms with Crippen molar-refractivity contribution in [3.8, 4) is 0 Å². The number of hydrogen-bond donors (Lipinski definition) is 2. The average Bonchev–Trinajstić information content (AvgIpc) is 3.74. The minimum absolute atomic E-state index is 0.0738. The molecule has 53 heavy (non-hydrogen) atoms. The fourth-order valence-corrected chi connectivity index (χ4v) is 6.38. The number of amides is 4. The van der Waals surface area contributed by atoms with Crippen LogP contribution in [0.2, 0.25) is 0 Å². The Morgan fingerprint density at radius 3 is 2.28 bits per heavy atom. The Labute approximate surface area is 300 Å². The summed E-state index contributed by atoms with van der Waals surface area (Å²) in [7, 11) is 0. The second-order valence-electron chi connectivity index (χ2n) is 14.0. The number of alkyl halides is 3. The summed E-state index contributed by atoms with van der Waals surface area (Å²) < 4.78 is 89.0. The minimum Gasteiger partial charge on any atom is -0.444 e. The van der Waals surface area contributed by atoms with Crippen LogP contribution in [-0.2, 0) is 51.2 Å². The first-order valence-corrected chi connectivity index (χ1v) is 16.9. The van der Waals surface area contributed by atoms with Crippen LogP contribution >= 0.6 is 0 Å². The molecule has 18 heteroatoms. The van der Waals surface area contributed by atoms with Crippen molar-refractivity contribution in [3.05, 3.63) is 82.7 Å². The first kappa shape index (κ1) is 39.1. The molecule has 0 saturated carbocycles. The number of ether oxygens (including phenoxy) is 1. The van der Waals surface area contributed by atoms with Crippen molar-refractivity contribution in [2.75, 3.05) is 13.1 Å². The molecule has 0 radical (unpaired) electrons. The van der Waals surface area contributed by atoms with Crippen molar-refractivity contribution in [2.24, 2.45) is 0 Å². The number of nitrogens with zero attached hydrogens (tertiary/aromatic N) is 5. The van der Waals surface area contributed by atoms with Crippen molar-refractivity contribution in [2.45, 2.75) is 95.9 Å². The molecule has 5 rings (SSSR count). The summed E-state index contributed by atoms with van der Waals surface area (Å²) in [5.41, 5.74) is -0.489.